The Morgan fingerprint density at radius 3 is 2.18 bits per heavy atom. The fraction of sp³-hybridized carbons (Fsp3) is 0.825. The minimum Gasteiger partial charge on any atom is -0.481 e. The highest BCUT2D eigenvalue weighted by atomic mass is 16.6. The van der Waals surface area contributed by atoms with Crippen molar-refractivity contribution < 1.29 is 43.3 Å². The fourth-order valence-electron chi connectivity index (χ4n) is 11.8. The number of rotatable bonds is 6. The molecule has 0 spiro atoms. The highest BCUT2D eigenvalue weighted by molar-refractivity contribution is 5.96. The molecule has 10 nitrogen and oxygen atoms in total. The van der Waals surface area contributed by atoms with E-state index in [1.807, 2.05) is 13.0 Å². The van der Waals surface area contributed by atoms with Crippen LogP contribution in [0.15, 0.2) is 11.6 Å². The van der Waals surface area contributed by atoms with Crippen molar-refractivity contribution in [3.05, 3.63) is 11.6 Å². The molecule has 5 rings (SSSR count). The lowest BCUT2D eigenvalue weighted by Gasteiger charge is -2.70. The highest BCUT2D eigenvalue weighted by Gasteiger charge is 2.70. The van der Waals surface area contributed by atoms with E-state index >= 15 is 0 Å². The molecule has 0 heterocycles. The second-order valence-corrected chi connectivity index (χ2v) is 19.3. The largest absolute Gasteiger partial charge is 0.481 e. The number of amides is 1. The van der Waals surface area contributed by atoms with Crippen molar-refractivity contribution in [2.75, 3.05) is 7.11 Å². The molecule has 10 heteroatoms. The molecule has 0 saturated heterocycles. The van der Waals surface area contributed by atoms with Crippen LogP contribution in [0.1, 0.15) is 133 Å². The molecule has 4 fully saturated rings. The molecule has 5 aliphatic rings. The average Bonchev–Trinajstić information content (AvgIpc) is 2.98. The first-order valence-electron chi connectivity index (χ1n) is 18.6. The van der Waals surface area contributed by atoms with Gasteiger partial charge in [-0.05, 0) is 125 Å². The Morgan fingerprint density at radius 2 is 1.58 bits per heavy atom. The lowest BCUT2D eigenvalue weighted by molar-refractivity contribution is -0.211. The zero-order valence-corrected chi connectivity index (χ0v) is 32.2. The van der Waals surface area contributed by atoms with Crippen molar-refractivity contribution in [3.8, 4) is 0 Å². The van der Waals surface area contributed by atoms with Crippen molar-refractivity contribution in [2.24, 2.45) is 50.2 Å². The molecule has 0 unspecified atom stereocenters. The van der Waals surface area contributed by atoms with Gasteiger partial charge in [0.15, 0.2) is 5.78 Å². The third-order valence-electron chi connectivity index (χ3n) is 14.8. The quantitative estimate of drug-likeness (QED) is 0.214. The van der Waals surface area contributed by atoms with Crippen molar-refractivity contribution in [1.29, 1.82) is 0 Å². The van der Waals surface area contributed by atoms with E-state index in [0.29, 0.717) is 19.3 Å². The lowest BCUT2D eigenvalue weighted by Crippen LogP contribution is -2.67. The summed E-state index contributed by atoms with van der Waals surface area (Å²) < 4.78 is 16.7. The molecule has 0 radical (unpaired) electrons. The third-order valence-corrected chi connectivity index (χ3v) is 14.8. The predicted molar refractivity (Wildman–Crippen MR) is 187 cm³/mol. The number of allylic oxidation sites excluding steroid dienone is 2. The number of carbonyl (C=O) groups is 5. The summed E-state index contributed by atoms with van der Waals surface area (Å²) in [6, 6.07) is -1.40. The minimum atomic E-state index is -1.40. The number of carbonyl (C=O) groups excluding carboxylic acids is 4. The molecule has 0 bridgehead atoms. The van der Waals surface area contributed by atoms with Crippen LogP contribution in [0.3, 0.4) is 0 Å². The number of esters is 2. The standard InChI is InChI=1S/C40H61NO9/c1-34(2,3)50-33(47)41-25(21-29(43)44)31(45)49-28-13-14-38(8)27(35(28,4)5)12-15-40(10)30(38)26(42)20-23-24-22-37(7,32(46)48-11)17-16-36(24,6)18-19-39(23,40)9/h20,24-25,27-28,30H,12-19,21-22H2,1-11H3,(H,41,47)(H,43,44)/t24-,25-,27-,28-,30+,36+,37-,38-,39+,40+/m0/s1. The van der Waals surface area contributed by atoms with Crippen molar-refractivity contribution >= 4 is 29.8 Å². The highest BCUT2D eigenvalue weighted by Crippen LogP contribution is 2.75. The topological polar surface area (TPSA) is 145 Å². The number of carboxylic acids is 1. The summed E-state index contributed by atoms with van der Waals surface area (Å²) in [7, 11) is 1.47. The number of carboxylic acid groups (broad SMARTS) is 1. The van der Waals surface area contributed by atoms with Crippen LogP contribution in [-0.2, 0) is 33.4 Å². The second-order valence-electron chi connectivity index (χ2n) is 19.3. The van der Waals surface area contributed by atoms with Crippen LogP contribution < -0.4 is 5.32 Å². The summed E-state index contributed by atoms with van der Waals surface area (Å²) in [5.41, 5.74) is -1.51. The summed E-state index contributed by atoms with van der Waals surface area (Å²) in [4.78, 5) is 65.4. The van der Waals surface area contributed by atoms with Gasteiger partial charge in [0.1, 0.15) is 17.7 Å². The molecule has 2 N–H and O–H groups in total. The van der Waals surface area contributed by atoms with Crippen LogP contribution in [0.25, 0.3) is 0 Å². The van der Waals surface area contributed by atoms with Crippen LogP contribution >= 0.6 is 0 Å². The maximum atomic E-state index is 14.7. The Labute approximate surface area is 298 Å². The summed E-state index contributed by atoms with van der Waals surface area (Å²) >= 11 is 0. The molecule has 10 atom stereocenters. The predicted octanol–water partition coefficient (Wildman–Crippen LogP) is 7.42. The van der Waals surface area contributed by atoms with Crippen molar-refractivity contribution in [3.63, 3.8) is 0 Å². The van der Waals surface area contributed by atoms with Gasteiger partial charge < -0.3 is 24.6 Å². The SMILES string of the molecule is COC(=O)[C@@]1(C)CC[C@]2(C)CC[C@]3(C)C(=CC(=O)[C@@H]4[C@@]5(C)CC[C@H](OC(=O)[C@H](CC(=O)O)NC(=O)OC(C)(C)C)C(C)(C)[C@@H]5CC[C@]43C)[C@@H]2C1. The number of hydrogen-bond donors (Lipinski definition) is 2. The maximum Gasteiger partial charge on any atom is 0.408 e. The van der Waals surface area contributed by atoms with Crippen molar-refractivity contribution in [2.45, 2.75) is 151 Å². The van der Waals surface area contributed by atoms with E-state index in [1.165, 1.54) is 12.7 Å². The first-order valence-corrected chi connectivity index (χ1v) is 18.6. The summed E-state index contributed by atoms with van der Waals surface area (Å²) in [6.45, 7) is 20.6. The lowest BCUT2D eigenvalue weighted by atomic mass is 9.33. The van der Waals surface area contributed by atoms with Gasteiger partial charge in [0.2, 0.25) is 0 Å². The van der Waals surface area contributed by atoms with E-state index in [4.69, 9.17) is 14.2 Å². The zero-order chi connectivity index (χ0) is 37.5. The molecule has 0 aliphatic heterocycles. The van der Waals surface area contributed by atoms with Gasteiger partial charge in [-0.3, -0.25) is 14.4 Å². The van der Waals surface area contributed by atoms with E-state index < -0.39 is 53.0 Å². The monoisotopic (exact) mass is 699 g/mol. The number of ketones is 1. The number of fused-ring (bicyclic) bond motifs is 7. The van der Waals surface area contributed by atoms with Crippen LogP contribution in [0.2, 0.25) is 0 Å². The Hall–Kier alpha value is -2.91. The van der Waals surface area contributed by atoms with E-state index in [-0.39, 0.29) is 51.2 Å². The Morgan fingerprint density at radius 1 is 0.940 bits per heavy atom. The van der Waals surface area contributed by atoms with Crippen LogP contribution in [0, 0.1) is 50.2 Å². The van der Waals surface area contributed by atoms with Gasteiger partial charge in [-0.1, -0.05) is 47.1 Å². The van der Waals surface area contributed by atoms with Gasteiger partial charge in [0.25, 0.3) is 0 Å². The Balaban J connectivity index is 1.42. The Kier molecular flexibility index (Phi) is 9.47. The zero-order valence-electron chi connectivity index (χ0n) is 32.2. The summed E-state index contributed by atoms with van der Waals surface area (Å²) in [5.74, 6) is -2.06. The molecular formula is C40H61NO9. The third kappa shape index (κ3) is 6.08. The van der Waals surface area contributed by atoms with E-state index in [9.17, 15) is 29.1 Å². The van der Waals surface area contributed by atoms with Gasteiger partial charge >= 0.3 is 24.0 Å². The first-order chi connectivity index (χ1) is 22.9. The van der Waals surface area contributed by atoms with E-state index in [0.717, 1.165) is 38.5 Å². The number of methoxy groups -OCH3 is 1. The number of nitrogens with one attached hydrogen (secondary N) is 1. The summed E-state index contributed by atoms with van der Waals surface area (Å²) in [6.07, 6.45) is 7.32. The normalized spacial score (nSPS) is 41.1. The van der Waals surface area contributed by atoms with Gasteiger partial charge in [-0.2, -0.15) is 0 Å². The summed E-state index contributed by atoms with van der Waals surface area (Å²) in [5, 5.41) is 11.9. The van der Waals surface area contributed by atoms with Gasteiger partial charge in [-0.25, -0.2) is 9.59 Å². The minimum absolute atomic E-state index is 0.0320. The van der Waals surface area contributed by atoms with Crippen LogP contribution in [-0.4, -0.2) is 59.7 Å². The first kappa shape index (κ1) is 38.3. The van der Waals surface area contributed by atoms with E-state index in [1.54, 1.807) is 20.8 Å². The second kappa shape index (κ2) is 12.4. The number of alkyl carbamates (subject to hydrolysis) is 1. The molecule has 0 aromatic heterocycles. The molecule has 0 aromatic rings. The molecule has 5 aliphatic carbocycles. The molecule has 1 amide bonds. The fourth-order valence-corrected chi connectivity index (χ4v) is 11.8. The molecule has 4 saturated carbocycles. The van der Waals surface area contributed by atoms with Crippen LogP contribution in [0.5, 0.6) is 0 Å². The Bertz CT molecular complexity index is 1480. The van der Waals surface area contributed by atoms with Crippen LogP contribution in [0.4, 0.5) is 4.79 Å². The van der Waals surface area contributed by atoms with Gasteiger partial charge in [-0.15, -0.1) is 0 Å². The smallest absolute Gasteiger partial charge is 0.408 e. The molecular weight excluding hydrogens is 638 g/mol. The van der Waals surface area contributed by atoms with Gasteiger partial charge in [0, 0.05) is 11.3 Å². The van der Waals surface area contributed by atoms with E-state index in [2.05, 4.69) is 46.9 Å². The number of ether oxygens (including phenoxy) is 3. The average molecular weight is 700 g/mol. The maximum absolute atomic E-state index is 14.7. The number of aliphatic carboxylic acids is 1. The van der Waals surface area contributed by atoms with Gasteiger partial charge in [0.05, 0.1) is 18.9 Å². The van der Waals surface area contributed by atoms with Crippen molar-refractivity contribution in [1.82, 2.24) is 5.32 Å². The molecule has 280 valence electrons. The molecule has 50 heavy (non-hydrogen) atoms. The molecule has 0 aromatic carbocycles. The number of hydrogen-bond acceptors (Lipinski definition) is 8.